The van der Waals surface area contributed by atoms with Crippen LogP contribution >= 0.6 is 46.4 Å². The van der Waals surface area contributed by atoms with E-state index in [2.05, 4.69) is 5.32 Å². The Hall–Kier alpha value is -2.51. The van der Waals surface area contributed by atoms with Crippen molar-refractivity contribution in [3.05, 3.63) is 85.1 Å². The zero-order chi connectivity index (χ0) is 26.4. The summed E-state index contributed by atoms with van der Waals surface area (Å²) in [7, 11) is 1.25. The summed E-state index contributed by atoms with van der Waals surface area (Å²) >= 11 is 25.1. The van der Waals surface area contributed by atoms with Gasteiger partial charge in [-0.05, 0) is 42.2 Å². The van der Waals surface area contributed by atoms with Gasteiger partial charge in [0.1, 0.15) is 17.6 Å². The summed E-state index contributed by atoms with van der Waals surface area (Å²) in [5, 5.41) is 3.37. The normalized spacial score (nSPS) is 18.2. The number of ether oxygens (including phenoxy) is 2. The quantitative estimate of drug-likeness (QED) is 0.314. The van der Waals surface area contributed by atoms with Crippen LogP contribution in [0.2, 0.25) is 20.1 Å². The zero-order valence-electron chi connectivity index (χ0n) is 19.4. The molecule has 2 aliphatic rings. The second kappa shape index (κ2) is 10.3. The van der Waals surface area contributed by atoms with Gasteiger partial charge in [-0.2, -0.15) is 0 Å². The molecule has 10 heteroatoms. The van der Waals surface area contributed by atoms with Crippen LogP contribution in [0.1, 0.15) is 33.8 Å². The lowest BCUT2D eigenvalue weighted by Crippen LogP contribution is -2.43. The lowest BCUT2D eigenvalue weighted by Gasteiger charge is -2.26. The number of benzene rings is 3. The van der Waals surface area contributed by atoms with Crippen molar-refractivity contribution in [2.45, 2.75) is 24.8 Å². The third kappa shape index (κ3) is 5.00. The van der Waals surface area contributed by atoms with Gasteiger partial charge in [0.05, 0.1) is 39.4 Å². The number of amides is 1. The fraction of sp³-hybridized carbons (Fsp3) is 0.259. The number of esters is 1. The highest BCUT2D eigenvalue weighted by Gasteiger charge is 2.46. The Morgan fingerprint density at radius 2 is 1.76 bits per heavy atom. The molecule has 1 heterocycles. The molecule has 0 spiro atoms. The molecule has 1 aliphatic carbocycles. The number of hydrogen-bond donors (Lipinski definition) is 1. The molecule has 1 aliphatic heterocycles. The number of nitrogens with one attached hydrogen (secondary N) is 1. The summed E-state index contributed by atoms with van der Waals surface area (Å²) in [4.78, 5) is 25.8. The minimum atomic E-state index is -1.02. The van der Waals surface area contributed by atoms with Gasteiger partial charge in [-0.3, -0.25) is 4.79 Å². The van der Waals surface area contributed by atoms with Crippen molar-refractivity contribution < 1.29 is 23.5 Å². The van der Waals surface area contributed by atoms with Crippen LogP contribution in [0.3, 0.4) is 0 Å². The standard InChI is InChI=1S/C27H20Cl4FNO4/c1-36-27(35)21(33-26(34)24-17(28)3-2-4-18(24)29)8-12-5-6-15(23-19(30)9-14(32)10-20(23)31)25-22(12)16-7-13(16)11-37-25/h2-6,9-10,13,16,21H,7-8,11H2,1H3,(H,33,34)/t13-,16-,21+/m1/s1. The molecule has 3 atom stereocenters. The summed E-state index contributed by atoms with van der Waals surface area (Å²) < 4.78 is 25.0. The maximum atomic E-state index is 13.8. The average Bonchev–Trinajstić information content (AvgIpc) is 3.63. The van der Waals surface area contributed by atoms with Crippen molar-refractivity contribution >= 4 is 58.3 Å². The number of carbonyl (C=O) groups is 2. The zero-order valence-corrected chi connectivity index (χ0v) is 22.4. The average molecular weight is 583 g/mol. The second-order valence-corrected chi connectivity index (χ2v) is 10.7. The van der Waals surface area contributed by atoms with Gasteiger partial charge in [0.2, 0.25) is 0 Å². The molecule has 1 amide bonds. The molecule has 5 rings (SSSR count). The SMILES string of the molecule is COC(=O)[C@H](Cc1ccc(-c2c(Cl)cc(F)cc2Cl)c2c1[C@@H]1C[C@@H]1CO2)NC(=O)c1c(Cl)cccc1Cl. The summed E-state index contributed by atoms with van der Waals surface area (Å²) in [6.07, 6.45) is 1.07. The second-order valence-electron chi connectivity index (χ2n) is 9.02. The topological polar surface area (TPSA) is 64.6 Å². The van der Waals surface area contributed by atoms with Crippen molar-refractivity contribution in [3.63, 3.8) is 0 Å². The van der Waals surface area contributed by atoms with Crippen LogP contribution in [-0.2, 0) is 16.0 Å². The molecule has 3 aromatic carbocycles. The third-order valence-corrected chi connectivity index (χ3v) is 7.93. The van der Waals surface area contributed by atoms with E-state index in [0.29, 0.717) is 29.4 Å². The van der Waals surface area contributed by atoms with Crippen molar-refractivity contribution in [3.8, 4) is 16.9 Å². The van der Waals surface area contributed by atoms with Gasteiger partial charge in [-0.1, -0.05) is 64.6 Å². The molecule has 5 nitrogen and oxygen atoms in total. The van der Waals surface area contributed by atoms with E-state index < -0.39 is 23.7 Å². The first-order valence-electron chi connectivity index (χ1n) is 11.5. The Balaban J connectivity index is 1.53. The molecule has 0 bridgehead atoms. The van der Waals surface area contributed by atoms with Crippen LogP contribution in [0.15, 0.2) is 42.5 Å². The molecule has 3 aromatic rings. The van der Waals surface area contributed by atoms with Gasteiger partial charge in [0, 0.05) is 29.0 Å². The molecular formula is C27H20Cl4FNO4. The monoisotopic (exact) mass is 581 g/mol. The maximum absolute atomic E-state index is 13.8. The Kier molecular flexibility index (Phi) is 7.29. The fourth-order valence-corrected chi connectivity index (χ4v) is 6.09. The number of carbonyl (C=O) groups excluding carboxylic acids is 2. The summed E-state index contributed by atoms with van der Waals surface area (Å²) in [5.74, 6) is -0.583. The number of methoxy groups -OCH3 is 1. The summed E-state index contributed by atoms with van der Waals surface area (Å²) in [6, 6.07) is 9.72. The number of hydrogen-bond acceptors (Lipinski definition) is 4. The van der Waals surface area contributed by atoms with Gasteiger partial charge in [-0.15, -0.1) is 0 Å². The largest absolute Gasteiger partial charge is 0.492 e. The Labute approximate surface area is 232 Å². The molecule has 37 heavy (non-hydrogen) atoms. The Morgan fingerprint density at radius 1 is 1.08 bits per heavy atom. The predicted molar refractivity (Wildman–Crippen MR) is 142 cm³/mol. The highest BCUT2D eigenvalue weighted by atomic mass is 35.5. The summed E-state index contributed by atoms with van der Waals surface area (Å²) in [6.45, 7) is 0.534. The maximum Gasteiger partial charge on any atom is 0.328 e. The van der Waals surface area contributed by atoms with Gasteiger partial charge in [0.15, 0.2) is 0 Å². The molecule has 1 fully saturated rings. The molecule has 0 radical (unpaired) electrons. The molecule has 0 aromatic heterocycles. The van der Waals surface area contributed by atoms with E-state index in [1.165, 1.54) is 19.2 Å². The van der Waals surface area contributed by atoms with Crippen molar-refractivity contribution in [2.75, 3.05) is 13.7 Å². The molecule has 1 N–H and O–H groups in total. The predicted octanol–water partition coefficient (Wildman–Crippen LogP) is 7.12. The molecule has 192 valence electrons. The van der Waals surface area contributed by atoms with Crippen LogP contribution in [-0.4, -0.2) is 31.6 Å². The first kappa shape index (κ1) is 26.1. The van der Waals surface area contributed by atoms with Gasteiger partial charge in [-0.25, -0.2) is 9.18 Å². The van der Waals surface area contributed by atoms with Gasteiger partial charge < -0.3 is 14.8 Å². The van der Waals surface area contributed by atoms with E-state index in [-0.39, 0.29) is 38.0 Å². The number of halogens is 5. The van der Waals surface area contributed by atoms with Gasteiger partial charge >= 0.3 is 5.97 Å². The summed E-state index contributed by atoms with van der Waals surface area (Å²) in [5.41, 5.74) is 2.91. The van der Waals surface area contributed by atoms with Crippen LogP contribution in [0.25, 0.3) is 11.1 Å². The van der Waals surface area contributed by atoms with Crippen LogP contribution < -0.4 is 10.1 Å². The van der Waals surface area contributed by atoms with Crippen LogP contribution in [0, 0.1) is 11.7 Å². The lowest BCUT2D eigenvalue weighted by molar-refractivity contribution is -0.142. The van der Waals surface area contributed by atoms with Crippen LogP contribution in [0.5, 0.6) is 5.75 Å². The number of fused-ring (bicyclic) bond motifs is 3. The first-order chi connectivity index (χ1) is 17.7. The van der Waals surface area contributed by atoms with E-state index in [1.807, 2.05) is 6.07 Å². The smallest absolute Gasteiger partial charge is 0.328 e. The molecule has 0 unspecified atom stereocenters. The van der Waals surface area contributed by atoms with Crippen molar-refractivity contribution in [1.82, 2.24) is 5.32 Å². The highest BCUT2D eigenvalue weighted by molar-refractivity contribution is 6.40. The molecule has 0 saturated heterocycles. The third-order valence-electron chi connectivity index (χ3n) is 6.70. The van der Waals surface area contributed by atoms with Crippen LogP contribution in [0.4, 0.5) is 4.39 Å². The van der Waals surface area contributed by atoms with E-state index >= 15 is 0 Å². The van der Waals surface area contributed by atoms with Crippen molar-refractivity contribution in [2.24, 2.45) is 5.92 Å². The highest BCUT2D eigenvalue weighted by Crippen LogP contribution is 2.58. The molecular weight excluding hydrogens is 563 g/mol. The van der Waals surface area contributed by atoms with Crippen molar-refractivity contribution in [1.29, 1.82) is 0 Å². The van der Waals surface area contributed by atoms with E-state index in [9.17, 15) is 14.0 Å². The van der Waals surface area contributed by atoms with E-state index in [4.69, 9.17) is 55.9 Å². The minimum absolute atomic E-state index is 0.0725. The molecule has 1 saturated carbocycles. The van der Waals surface area contributed by atoms with E-state index in [1.54, 1.807) is 24.3 Å². The Bertz CT molecular complexity index is 1390. The van der Waals surface area contributed by atoms with Gasteiger partial charge in [0.25, 0.3) is 5.91 Å². The fourth-order valence-electron chi connectivity index (χ4n) is 4.85. The van der Waals surface area contributed by atoms with E-state index in [0.717, 1.165) is 17.5 Å². The number of rotatable bonds is 6. The lowest BCUT2D eigenvalue weighted by atomic mass is 9.89. The first-order valence-corrected chi connectivity index (χ1v) is 13.0. The minimum Gasteiger partial charge on any atom is -0.492 e. The Morgan fingerprint density at radius 3 is 2.41 bits per heavy atom.